The monoisotopic (exact) mass is 170 g/mol. The largest absolute Gasteiger partial charge is 0.464 e. The first-order valence-corrected chi connectivity index (χ1v) is 3.61. The van der Waals surface area contributed by atoms with Gasteiger partial charge in [-0.1, -0.05) is 0 Å². The Bertz CT molecular complexity index is 237. The van der Waals surface area contributed by atoms with Crippen LogP contribution in [0.3, 0.4) is 0 Å². The standard InChI is InChI=1S/C7H10N2O3/c1-2-12-6(10)7(11)3-8-5-9-4-7/h3,5,11H,2,4H2,1H3. The highest BCUT2D eigenvalue weighted by Crippen LogP contribution is 2.07. The molecule has 0 aromatic rings. The van der Waals surface area contributed by atoms with Gasteiger partial charge in [0.1, 0.15) is 6.34 Å². The van der Waals surface area contributed by atoms with E-state index in [-0.39, 0.29) is 13.2 Å². The summed E-state index contributed by atoms with van der Waals surface area (Å²) in [6, 6.07) is 0. The molecule has 0 saturated heterocycles. The number of rotatable bonds is 2. The van der Waals surface area contributed by atoms with Gasteiger partial charge in [-0.2, -0.15) is 0 Å². The van der Waals surface area contributed by atoms with Gasteiger partial charge in [0.05, 0.1) is 19.4 Å². The summed E-state index contributed by atoms with van der Waals surface area (Å²) in [5, 5.41) is 9.53. The molecule has 1 heterocycles. The predicted octanol–water partition coefficient (Wildman–Crippen LogP) is -0.607. The van der Waals surface area contributed by atoms with Gasteiger partial charge in [0.2, 0.25) is 5.60 Å². The average Bonchev–Trinajstić information content (AvgIpc) is 2.06. The summed E-state index contributed by atoms with van der Waals surface area (Å²) >= 11 is 0. The lowest BCUT2D eigenvalue weighted by Crippen LogP contribution is -2.46. The van der Waals surface area contributed by atoms with Crippen molar-refractivity contribution in [1.82, 2.24) is 0 Å². The highest BCUT2D eigenvalue weighted by atomic mass is 16.5. The second-order valence-electron chi connectivity index (χ2n) is 2.38. The van der Waals surface area contributed by atoms with Gasteiger partial charge in [-0.15, -0.1) is 0 Å². The van der Waals surface area contributed by atoms with E-state index < -0.39 is 11.6 Å². The van der Waals surface area contributed by atoms with Gasteiger partial charge in [0.15, 0.2) is 0 Å². The number of esters is 1. The van der Waals surface area contributed by atoms with Crippen LogP contribution in [0, 0.1) is 0 Å². The first-order chi connectivity index (χ1) is 5.69. The Balaban J connectivity index is 2.65. The number of aliphatic hydroxyl groups is 1. The van der Waals surface area contributed by atoms with Crippen LogP contribution in [0.5, 0.6) is 0 Å². The maximum Gasteiger partial charge on any atom is 0.345 e. The van der Waals surface area contributed by atoms with Gasteiger partial charge in [-0.3, -0.25) is 4.99 Å². The zero-order chi connectivity index (χ0) is 9.03. The lowest BCUT2D eigenvalue weighted by Gasteiger charge is -2.20. The van der Waals surface area contributed by atoms with Gasteiger partial charge in [0.25, 0.3) is 0 Å². The van der Waals surface area contributed by atoms with Crippen molar-refractivity contribution in [2.45, 2.75) is 12.5 Å². The summed E-state index contributed by atoms with van der Waals surface area (Å²) in [5.41, 5.74) is -1.66. The second kappa shape index (κ2) is 3.44. The van der Waals surface area contributed by atoms with Crippen LogP contribution in [0.2, 0.25) is 0 Å². The van der Waals surface area contributed by atoms with E-state index in [2.05, 4.69) is 14.7 Å². The van der Waals surface area contributed by atoms with Crippen molar-refractivity contribution in [3.8, 4) is 0 Å². The van der Waals surface area contributed by atoms with E-state index in [1.54, 1.807) is 6.92 Å². The van der Waals surface area contributed by atoms with Crippen molar-refractivity contribution in [3.63, 3.8) is 0 Å². The molecule has 5 heteroatoms. The van der Waals surface area contributed by atoms with E-state index in [1.165, 1.54) is 6.34 Å². The van der Waals surface area contributed by atoms with Crippen molar-refractivity contribution in [2.24, 2.45) is 9.98 Å². The van der Waals surface area contributed by atoms with Gasteiger partial charge < -0.3 is 9.84 Å². The SMILES string of the molecule is CCOC(=O)C1(O)C=NC=NC1. The number of ether oxygens (including phenoxy) is 1. The summed E-state index contributed by atoms with van der Waals surface area (Å²) in [6.45, 7) is 1.89. The molecule has 1 aliphatic heterocycles. The first kappa shape index (κ1) is 8.86. The molecule has 12 heavy (non-hydrogen) atoms. The van der Waals surface area contributed by atoms with Crippen LogP contribution < -0.4 is 0 Å². The number of hydrogen-bond acceptors (Lipinski definition) is 5. The molecule has 1 unspecified atom stereocenters. The Kier molecular flexibility index (Phi) is 2.54. The minimum absolute atomic E-state index is 0.0185. The Morgan fingerprint density at radius 3 is 3.08 bits per heavy atom. The molecule has 0 aromatic carbocycles. The molecule has 0 fully saturated rings. The van der Waals surface area contributed by atoms with Gasteiger partial charge in [-0.05, 0) is 6.92 Å². The first-order valence-electron chi connectivity index (χ1n) is 3.61. The number of carbonyl (C=O) groups is 1. The zero-order valence-electron chi connectivity index (χ0n) is 6.73. The Labute approximate surface area is 69.8 Å². The van der Waals surface area contributed by atoms with Crippen LogP contribution >= 0.6 is 0 Å². The molecule has 0 saturated carbocycles. The fourth-order valence-corrected chi connectivity index (χ4v) is 0.798. The van der Waals surface area contributed by atoms with Crippen LogP contribution in [0.1, 0.15) is 6.92 Å². The molecular formula is C7H10N2O3. The molecule has 0 radical (unpaired) electrons. The molecule has 1 atom stereocenters. The van der Waals surface area contributed by atoms with E-state index in [1.807, 2.05) is 0 Å². The molecule has 1 rings (SSSR count). The number of aliphatic imine (C=N–C) groups is 2. The van der Waals surface area contributed by atoms with Crippen LogP contribution in [0.15, 0.2) is 9.98 Å². The highest BCUT2D eigenvalue weighted by molar-refractivity contribution is 6.01. The summed E-state index contributed by atoms with van der Waals surface area (Å²) in [7, 11) is 0. The quantitative estimate of drug-likeness (QED) is 0.562. The van der Waals surface area contributed by atoms with Crippen LogP contribution in [-0.2, 0) is 9.53 Å². The normalized spacial score (nSPS) is 27.2. The maximum atomic E-state index is 11.1. The fraction of sp³-hybridized carbons (Fsp3) is 0.571. The molecule has 5 nitrogen and oxygen atoms in total. The van der Waals surface area contributed by atoms with Crippen LogP contribution in [0.25, 0.3) is 0 Å². The van der Waals surface area contributed by atoms with Gasteiger partial charge in [-0.25, -0.2) is 9.79 Å². The van der Waals surface area contributed by atoms with Crippen molar-refractivity contribution in [1.29, 1.82) is 0 Å². The van der Waals surface area contributed by atoms with Crippen LogP contribution in [-0.4, -0.2) is 42.4 Å². The fourth-order valence-electron chi connectivity index (χ4n) is 0.798. The molecule has 66 valence electrons. The minimum Gasteiger partial charge on any atom is -0.464 e. The van der Waals surface area contributed by atoms with Gasteiger partial charge >= 0.3 is 5.97 Å². The lowest BCUT2D eigenvalue weighted by molar-refractivity contribution is -0.156. The van der Waals surface area contributed by atoms with Crippen molar-refractivity contribution < 1.29 is 14.6 Å². The van der Waals surface area contributed by atoms with Crippen LogP contribution in [0.4, 0.5) is 0 Å². The minimum atomic E-state index is -1.66. The topological polar surface area (TPSA) is 71.2 Å². The molecule has 0 aromatic heterocycles. The van der Waals surface area contributed by atoms with Crippen molar-refractivity contribution in [2.75, 3.05) is 13.2 Å². The molecule has 1 N–H and O–H groups in total. The van der Waals surface area contributed by atoms with Gasteiger partial charge in [0, 0.05) is 0 Å². The molecule has 0 aliphatic carbocycles. The molecule has 0 spiro atoms. The third kappa shape index (κ3) is 1.68. The summed E-state index contributed by atoms with van der Waals surface area (Å²) in [6.07, 6.45) is 2.42. The summed E-state index contributed by atoms with van der Waals surface area (Å²) < 4.78 is 4.63. The predicted molar refractivity (Wildman–Crippen MR) is 43.4 cm³/mol. The molecule has 0 bridgehead atoms. The number of carbonyl (C=O) groups excluding carboxylic acids is 1. The second-order valence-corrected chi connectivity index (χ2v) is 2.38. The Morgan fingerprint density at radius 1 is 1.83 bits per heavy atom. The Morgan fingerprint density at radius 2 is 2.58 bits per heavy atom. The van der Waals surface area contributed by atoms with Crippen molar-refractivity contribution >= 4 is 18.5 Å². The maximum absolute atomic E-state index is 11.1. The third-order valence-electron chi connectivity index (χ3n) is 1.40. The summed E-state index contributed by atoms with van der Waals surface area (Å²) in [4.78, 5) is 18.3. The number of nitrogens with zero attached hydrogens (tertiary/aromatic N) is 2. The van der Waals surface area contributed by atoms with Crippen molar-refractivity contribution in [3.05, 3.63) is 0 Å². The highest BCUT2D eigenvalue weighted by Gasteiger charge is 2.36. The molecular weight excluding hydrogens is 160 g/mol. The van der Waals surface area contributed by atoms with E-state index in [0.717, 1.165) is 6.21 Å². The molecule has 1 aliphatic rings. The van der Waals surface area contributed by atoms with E-state index >= 15 is 0 Å². The van der Waals surface area contributed by atoms with E-state index in [0.29, 0.717) is 0 Å². The lowest BCUT2D eigenvalue weighted by atomic mass is 10.1. The summed E-state index contributed by atoms with van der Waals surface area (Å²) in [5.74, 6) is -0.703. The number of hydrogen-bond donors (Lipinski definition) is 1. The molecule has 0 amide bonds. The Hall–Kier alpha value is -1.23. The average molecular weight is 170 g/mol. The smallest absolute Gasteiger partial charge is 0.345 e. The zero-order valence-corrected chi connectivity index (χ0v) is 6.73. The van der Waals surface area contributed by atoms with E-state index in [9.17, 15) is 9.90 Å². The third-order valence-corrected chi connectivity index (χ3v) is 1.40. The van der Waals surface area contributed by atoms with E-state index in [4.69, 9.17) is 0 Å².